The Labute approximate surface area is 135 Å². The molecule has 1 fully saturated rings. The Morgan fingerprint density at radius 1 is 1.33 bits per heavy atom. The Kier molecular flexibility index (Phi) is 8.10. The Morgan fingerprint density at radius 3 is 2.62 bits per heavy atom. The summed E-state index contributed by atoms with van der Waals surface area (Å²) in [5.41, 5.74) is 0.429. The van der Waals surface area contributed by atoms with Crippen LogP contribution in [0.5, 0.6) is 0 Å². The first kappa shape index (κ1) is 18.8. The highest BCUT2D eigenvalue weighted by molar-refractivity contribution is 7.99. The van der Waals surface area contributed by atoms with Gasteiger partial charge in [-0.1, -0.05) is 34.1 Å². The summed E-state index contributed by atoms with van der Waals surface area (Å²) in [7, 11) is 1.47. The number of carbonyl (C=O) groups excluding carboxylic acids is 1. The molecule has 3 nitrogen and oxygen atoms in total. The molecule has 0 amide bonds. The minimum absolute atomic E-state index is 0.0938. The zero-order chi connectivity index (χ0) is 15.9. The number of rotatable bonds is 8. The summed E-state index contributed by atoms with van der Waals surface area (Å²) in [5, 5.41) is 4.26. The van der Waals surface area contributed by atoms with Crippen molar-refractivity contribution in [2.45, 2.75) is 71.1 Å². The van der Waals surface area contributed by atoms with Crippen LogP contribution in [-0.4, -0.2) is 36.7 Å². The predicted molar refractivity (Wildman–Crippen MR) is 91.8 cm³/mol. The minimum atomic E-state index is -0.0938. The van der Waals surface area contributed by atoms with E-state index >= 15 is 0 Å². The minimum Gasteiger partial charge on any atom is -0.469 e. The normalized spacial score (nSPS) is 26.6. The average Bonchev–Trinajstić information content (AvgIpc) is 2.48. The Bertz CT molecular complexity index is 320. The first-order valence-corrected chi connectivity index (χ1v) is 9.41. The summed E-state index contributed by atoms with van der Waals surface area (Å²) in [6.07, 6.45) is 5.62. The van der Waals surface area contributed by atoms with E-state index in [9.17, 15) is 4.79 Å². The van der Waals surface area contributed by atoms with Crippen LogP contribution in [0.1, 0.15) is 59.8 Å². The van der Waals surface area contributed by atoms with Crippen molar-refractivity contribution in [3.05, 3.63) is 0 Å². The van der Waals surface area contributed by atoms with Crippen molar-refractivity contribution >= 4 is 17.7 Å². The van der Waals surface area contributed by atoms with Gasteiger partial charge in [0.2, 0.25) is 0 Å². The van der Waals surface area contributed by atoms with Crippen LogP contribution < -0.4 is 5.32 Å². The molecule has 0 aromatic carbocycles. The first-order valence-electron chi connectivity index (χ1n) is 8.36. The van der Waals surface area contributed by atoms with Gasteiger partial charge in [0.25, 0.3) is 0 Å². The third-order valence-electron chi connectivity index (χ3n) is 5.14. The molecular weight excluding hydrogens is 282 g/mol. The monoisotopic (exact) mass is 315 g/mol. The number of methoxy groups -OCH3 is 1. The van der Waals surface area contributed by atoms with Gasteiger partial charge >= 0.3 is 5.97 Å². The molecule has 1 aliphatic rings. The predicted octanol–water partition coefficient (Wildman–Crippen LogP) is 3.87. The van der Waals surface area contributed by atoms with Gasteiger partial charge in [-0.2, -0.15) is 11.8 Å². The first-order chi connectivity index (χ1) is 9.94. The zero-order valence-electron chi connectivity index (χ0n) is 14.4. The Balaban J connectivity index is 2.57. The Hall–Kier alpha value is -0.220. The van der Waals surface area contributed by atoms with Crippen LogP contribution >= 0.6 is 11.8 Å². The molecule has 0 saturated heterocycles. The summed E-state index contributed by atoms with van der Waals surface area (Å²) in [5.74, 6) is 1.58. The molecule has 21 heavy (non-hydrogen) atoms. The Morgan fingerprint density at radius 2 is 2.05 bits per heavy atom. The molecule has 124 valence electrons. The van der Waals surface area contributed by atoms with Crippen LogP contribution in [0.15, 0.2) is 0 Å². The van der Waals surface area contributed by atoms with Gasteiger partial charge in [-0.05, 0) is 37.1 Å². The van der Waals surface area contributed by atoms with Crippen molar-refractivity contribution in [1.82, 2.24) is 5.32 Å². The fourth-order valence-electron chi connectivity index (χ4n) is 3.20. The summed E-state index contributed by atoms with van der Waals surface area (Å²) >= 11 is 1.96. The topological polar surface area (TPSA) is 38.3 Å². The average molecular weight is 316 g/mol. The van der Waals surface area contributed by atoms with E-state index < -0.39 is 0 Å². The third-order valence-corrected chi connectivity index (χ3v) is 6.53. The molecule has 0 aromatic rings. The molecule has 1 saturated carbocycles. The quantitative estimate of drug-likeness (QED) is 0.690. The number of esters is 1. The molecule has 0 aromatic heterocycles. The van der Waals surface area contributed by atoms with Gasteiger partial charge in [0, 0.05) is 17.0 Å². The van der Waals surface area contributed by atoms with Crippen molar-refractivity contribution < 1.29 is 9.53 Å². The van der Waals surface area contributed by atoms with Crippen molar-refractivity contribution in [3.8, 4) is 0 Å². The SMILES string of the molecule is CCNC1CCC(C(C)(C)CC)CC1SCCC(=O)OC. The van der Waals surface area contributed by atoms with Crippen LogP contribution in [0.2, 0.25) is 0 Å². The largest absolute Gasteiger partial charge is 0.469 e. The molecule has 4 heteroatoms. The van der Waals surface area contributed by atoms with Crippen LogP contribution in [0.4, 0.5) is 0 Å². The number of hydrogen-bond acceptors (Lipinski definition) is 4. The highest BCUT2D eigenvalue weighted by atomic mass is 32.2. The van der Waals surface area contributed by atoms with Crippen LogP contribution in [0.3, 0.4) is 0 Å². The second kappa shape index (κ2) is 9.04. The van der Waals surface area contributed by atoms with Crippen LogP contribution in [-0.2, 0) is 9.53 Å². The van der Waals surface area contributed by atoms with E-state index in [-0.39, 0.29) is 5.97 Å². The lowest BCUT2D eigenvalue weighted by Gasteiger charge is -2.43. The highest BCUT2D eigenvalue weighted by Gasteiger charge is 2.37. The van der Waals surface area contributed by atoms with Gasteiger partial charge in [-0.15, -0.1) is 0 Å². The lowest BCUT2D eigenvalue weighted by molar-refractivity contribution is -0.140. The van der Waals surface area contributed by atoms with E-state index in [1.54, 1.807) is 0 Å². The molecule has 0 heterocycles. The van der Waals surface area contributed by atoms with Crippen molar-refractivity contribution in [2.24, 2.45) is 11.3 Å². The number of ether oxygens (including phenoxy) is 1. The maximum atomic E-state index is 11.3. The fraction of sp³-hybridized carbons (Fsp3) is 0.941. The smallest absolute Gasteiger partial charge is 0.306 e. The molecule has 1 rings (SSSR count). The van der Waals surface area contributed by atoms with E-state index in [2.05, 4.69) is 33.0 Å². The highest BCUT2D eigenvalue weighted by Crippen LogP contribution is 2.43. The molecule has 1 N–H and O–H groups in total. The van der Waals surface area contributed by atoms with E-state index in [1.165, 1.54) is 32.8 Å². The van der Waals surface area contributed by atoms with E-state index in [0.29, 0.717) is 23.1 Å². The molecule has 0 aliphatic heterocycles. The lowest BCUT2D eigenvalue weighted by atomic mass is 9.68. The summed E-state index contributed by atoms with van der Waals surface area (Å²) in [6.45, 7) is 10.3. The zero-order valence-corrected chi connectivity index (χ0v) is 15.2. The van der Waals surface area contributed by atoms with Crippen LogP contribution in [0.25, 0.3) is 0 Å². The lowest BCUT2D eigenvalue weighted by Crippen LogP contribution is -2.45. The molecule has 0 radical (unpaired) electrons. The number of nitrogens with one attached hydrogen (secondary N) is 1. The number of thioether (sulfide) groups is 1. The molecular formula is C17H33NO2S. The third kappa shape index (κ3) is 5.82. The second-order valence-electron chi connectivity index (χ2n) is 6.75. The second-order valence-corrected chi connectivity index (χ2v) is 8.10. The standard InChI is InChI=1S/C17H33NO2S/c1-6-17(3,4)13-8-9-14(18-7-2)15(12-13)21-11-10-16(19)20-5/h13-15,18H,6-12H2,1-5H3. The summed E-state index contributed by atoms with van der Waals surface area (Å²) < 4.78 is 4.74. The van der Waals surface area contributed by atoms with Crippen molar-refractivity contribution in [1.29, 1.82) is 0 Å². The van der Waals surface area contributed by atoms with Gasteiger partial charge < -0.3 is 10.1 Å². The molecule has 1 aliphatic carbocycles. The number of carbonyl (C=O) groups is 1. The maximum absolute atomic E-state index is 11.3. The van der Waals surface area contributed by atoms with Gasteiger partial charge in [-0.25, -0.2) is 0 Å². The molecule has 3 atom stereocenters. The van der Waals surface area contributed by atoms with Crippen LogP contribution in [0, 0.1) is 11.3 Å². The van der Waals surface area contributed by atoms with E-state index in [0.717, 1.165) is 18.2 Å². The maximum Gasteiger partial charge on any atom is 0.306 e. The molecule has 0 bridgehead atoms. The van der Waals surface area contributed by atoms with Gasteiger partial charge in [0.1, 0.15) is 0 Å². The summed E-state index contributed by atoms with van der Waals surface area (Å²) in [6, 6.07) is 0.599. The molecule has 3 unspecified atom stereocenters. The van der Waals surface area contributed by atoms with Gasteiger partial charge in [0.15, 0.2) is 0 Å². The van der Waals surface area contributed by atoms with Crippen molar-refractivity contribution in [2.75, 3.05) is 19.4 Å². The molecule has 0 spiro atoms. The van der Waals surface area contributed by atoms with Gasteiger partial charge in [0.05, 0.1) is 13.5 Å². The summed E-state index contributed by atoms with van der Waals surface area (Å²) in [4.78, 5) is 11.3. The van der Waals surface area contributed by atoms with Gasteiger partial charge in [-0.3, -0.25) is 4.79 Å². The van der Waals surface area contributed by atoms with Crippen molar-refractivity contribution in [3.63, 3.8) is 0 Å². The number of hydrogen-bond donors (Lipinski definition) is 1. The fourth-order valence-corrected chi connectivity index (χ4v) is 4.62. The van der Waals surface area contributed by atoms with E-state index in [4.69, 9.17) is 4.74 Å². The van der Waals surface area contributed by atoms with E-state index in [1.807, 2.05) is 11.8 Å².